The number of carbonyl (C=O) groups excluding carboxylic acids is 1. The van der Waals surface area contributed by atoms with Gasteiger partial charge in [-0.15, -0.1) is 0 Å². The SMILES string of the molecule is O=C(NCC1(O)CCCC1)C1COc2ccc(F)cc2C1. The van der Waals surface area contributed by atoms with Gasteiger partial charge in [0.1, 0.15) is 18.2 Å². The molecule has 1 heterocycles. The second-order valence-corrected chi connectivity index (χ2v) is 6.11. The highest BCUT2D eigenvalue weighted by Gasteiger charge is 2.33. The molecule has 0 aromatic heterocycles. The molecule has 0 spiro atoms. The molecule has 2 N–H and O–H groups in total. The van der Waals surface area contributed by atoms with Crippen LogP contribution in [0.2, 0.25) is 0 Å². The Balaban J connectivity index is 1.59. The van der Waals surface area contributed by atoms with Crippen LogP contribution in [0.25, 0.3) is 0 Å². The topological polar surface area (TPSA) is 58.6 Å². The van der Waals surface area contributed by atoms with Gasteiger partial charge < -0.3 is 15.2 Å². The lowest BCUT2D eigenvalue weighted by atomic mass is 9.95. The van der Waals surface area contributed by atoms with Crippen molar-refractivity contribution in [3.05, 3.63) is 29.6 Å². The van der Waals surface area contributed by atoms with Crippen LogP contribution in [0.1, 0.15) is 31.2 Å². The number of rotatable bonds is 3. The number of hydrogen-bond acceptors (Lipinski definition) is 3. The van der Waals surface area contributed by atoms with Crippen LogP contribution in [0.3, 0.4) is 0 Å². The zero-order valence-corrected chi connectivity index (χ0v) is 11.9. The Bertz CT molecular complexity index is 540. The monoisotopic (exact) mass is 293 g/mol. The summed E-state index contributed by atoms with van der Waals surface area (Å²) in [6.07, 6.45) is 3.96. The molecule has 1 aliphatic heterocycles. The molecule has 1 aliphatic carbocycles. The van der Waals surface area contributed by atoms with E-state index in [-0.39, 0.29) is 17.6 Å². The minimum Gasteiger partial charge on any atom is -0.492 e. The van der Waals surface area contributed by atoms with Gasteiger partial charge in [0.2, 0.25) is 5.91 Å². The maximum Gasteiger partial charge on any atom is 0.226 e. The van der Waals surface area contributed by atoms with Gasteiger partial charge in [0.05, 0.1) is 11.5 Å². The molecule has 114 valence electrons. The van der Waals surface area contributed by atoms with Gasteiger partial charge >= 0.3 is 0 Å². The van der Waals surface area contributed by atoms with Crippen molar-refractivity contribution in [2.75, 3.05) is 13.2 Å². The van der Waals surface area contributed by atoms with Crippen molar-refractivity contribution >= 4 is 5.91 Å². The maximum absolute atomic E-state index is 13.2. The number of carbonyl (C=O) groups is 1. The smallest absolute Gasteiger partial charge is 0.226 e. The fourth-order valence-electron chi connectivity index (χ4n) is 3.14. The van der Waals surface area contributed by atoms with Crippen molar-refractivity contribution in [1.29, 1.82) is 0 Å². The van der Waals surface area contributed by atoms with Crippen molar-refractivity contribution in [3.63, 3.8) is 0 Å². The van der Waals surface area contributed by atoms with Crippen LogP contribution < -0.4 is 10.1 Å². The van der Waals surface area contributed by atoms with E-state index >= 15 is 0 Å². The lowest BCUT2D eigenvalue weighted by Gasteiger charge is -2.27. The molecule has 5 heteroatoms. The van der Waals surface area contributed by atoms with Crippen molar-refractivity contribution in [1.82, 2.24) is 5.32 Å². The first-order valence-electron chi connectivity index (χ1n) is 7.47. The first-order chi connectivity index (χ1) is 10.1. The molecular formula is C16H20FNO3. The molecule has 1 unspecified atom stereocenters. The standard InChI is InChI=1S/C16H20FNO3/c17-13-3-4-14-11(8-13)7-12(9-21-14)15(19)18-10-16(20)5-1-2-6-16/h3-4,8,12,20H,1-2,5-7,9-10H2,(H,18,19). The van der Waals surface area contributed by atoms with E-state index in [1.807, 2.05) is 0 Å². The number of halogens is 1. The van der Waals surface area contributed by atoms with E-state index in [0.717, 1.165) is 31.2 Å². The first-order valence-corrected chi connectivity index (χ1v) is 7.47. The number of hydrogen-bond donors (Lipinski definition) is 2. The van der Waals surface area contributed by atoms with E-state index in [1.165, 1.54) is 12.1 Å². The van der Waals surface area contributed by atoms with Gasteiger partial charge in [0.15, 0.2) is 0 Å². The number of fused-ring (bicyclic) bond motifs is 1. The van der Waals surface area contributed by atoms with E-state index in [9.17, 15) is 14.3 Å². The lowest BCUT2D eigenvalue weighted by Crippen LogP contribution is -2.45. The molecule has 4 nitrogen and oxygen atoms in total. The van der Waals surface area contributed by atoms with Crippen molar-refractivity contribution in [2.45, 2.75) is 37.7 Å². The van der Waals surface area contributed by atoms with Gasteiger partial charge in [-0.25, -0.2) is 4.39 Å². The van der Waals surface area contributed by atoms with Gasteiger partial charge in [-0.3, -0.25) is 4.79 Å². The van der Waals surface area contributed by atoms with Gasteiger partial charge in [-0.05, 0) is 43.0 Å². The molecule has 0 saturated heterocycles. The molecular weight excluding hydrogens is 273 g/mol. The van der Waals surface area contributed by atoms with E-state index in [1.54, 1.807) is 6.07 Å². The molecule has 2 aliphatic rings. The highest BCUT2D eigenvalue weighted by molar-refractivity contribution is 5.79. The van der Waals surface area contributed by atoms with Crippen LogP contribution in [0, 0.1) is 11.7 Å². The van der Waals surface area contributed by atoms with Crippen LogP contribution >= 0.6 is 0 Å². The number of ether oxygens (including phenoxy) is 1. The summed E-state index contributed by atoms with van der Waals surface area (Å²) in [6, 6.07) is 4.37. The largest absolute Gasteiger partial charge is 0.492 e. The normalized spacial score (nSPS) is 23.2. The third kappa shape index (κ3) is 3.18. The fourth-order valence-corrected chi connectivity index (χ4v) is 3.14. The molecule has 1 aromatic rings. The maximum atomic E-state index is 13.2. The minimum absolute atomic E-state index is 0.134. The molecule has 21 heavy (non-hydrogen) atoms. The van der Waals surface area contributed by atoms with E-state index in [0.29, 0.717) is 25.3 Å². The van der Waals surface area contributed by atoms with Crippen molar-refractivity contribution in [2.24, 2.45) is 5.92 Å². The van der Waals surface area contributed by atoms with Crippen LogP contribution in [-0.2, 0) is 11.2 Å². The number of amides is 1. The minimum atomic E-state index is -0.755. The number of nitrogens with one attached hydrogen (secondary N) is 1. The fraction of sp³-hybridized carbons (Fsp3) is 0.562. The molecule has 1 atom stereocenters. The Morgan fingerprint density at radius 1 is 1.43 bits per heavy atom. The molecule has 1 aromatic carbocycles. The molecule has 1 saturated carbocycles. The predicted molar refractivity (Wildman–Crippen MR) is 75.5 cm³/mol. The van der Waals surface area contributed by atoms with Gasteiger partial charge in [0.25, 0.3) is 0 Å². The highest BCUT2D eigenvalue weighted by atomic mass is 19.1. The van der Waals surface area contributed by atoms with Crippen molar-refractivity contribution < 1.29 is 19.0 Å². The Morgan fingerprint density at radius 2 is 2.19 bits per heavy atom. The lowest BCUT2D eigenvalue weighted by molar-refractivity contribution is -0.127. The van der Waals surface area contributed by atoms with Crippen molar-refractivity contribution in [3.8, 4) is 5.75 Å². The second-order valence-electron chi connectivity index (χ2n) is 6.11. The van der Waals surface area contributed by atoms with E-state index in [4.69, 9.17) is 4.74 Å². The third-order valence-electron chi connectivity index (χ3n) is 4.43. The molecule has 1 fully saturated rings. The van der Waals surface area contributed by atoms with Crippen LogP contribution in [0.4, 0.5) is 4.39 Å². The summed E-state index contributed by atoms with van der Waals surface area (Å²) >= 11 is 0. The van der Waals surface area contributed by atoms with Gasteiger partial charge in [0, 0.05) is 6.54 Å². The van der Waals surface area contributed by atoms with Gasteiger partial charge in [-0.1, -0.05) is 12.8 Å². The van der Waals surface area contributed by atoms with E-state index in [2.05, 4.69) is 5.32 Å². The number of aliphatic hydroxyl groups is 1. The third-order valence-corrected chi connectivity index (χ3v) is 4.43. The summed E-state index contributed by atoms with van der Waals surface area (Å²) in [5.74, 6) is -0.136. The van der Waals surface area contributed by atoms with Gasteiger partial charge in [-0.2, -0.15) is 0 Å². The summed E-state index contributed by atoms with van der Waals surface area (Å²) in [4.78, 5) is 12.2. The molecule has 3 rings (SSSR count). The second kappa shape index (κ2) is 5.64. The summed E-state index contributed by atoms with van der Waals surface area (Å²) in [6.45, 7) is 0.585. The average Bonchev–Trinajstić information content (AvgIpc) is 2.91. The average molecular weight is 293 g/mol. The Labute approximate surface area is 123 Å². The summed E-state index contributed by atoms with van der Waals surface area (Å²) in [5, 5.41) is 13.1. The Hall–Kier alpha value is -1.62. The first kappa shape index (κ1) is 14.3. The zero-order chi connectivity index (χ0) is 14.9. The zero-order valence-electron chi connectivity index (χ0n) is 11.9. The summed E-state index contributed by atoms with van der Waals surface area (Å²) in [7, 11) is 0. The van der Waals surface area contributed by atoms with Crippen LogP contribution in [-0.4, -0.2) is 29.8 Å². The molecule has 0 bridgehead atoms. The molecule has 1 amide bonds. The number of benzene rings is 1. The predicted octanol–water partition coefficient (Wildman–Crippen LogP) is 1.80. The Morgan fingerprint density at radius 3 is 2.95 bits per heavy atom. The molecule has 0 radical (unpaired) electrons. The quantitative estimate of drug-likeness (QED) is 0.893. The van der Waals surface area contributed by atoms with Crippen LogP contribution in [0.5, 0.6) is 5.75 Å². The van der Waals surface area contributed by atoms with E-state index < -0.39 is 5.60 Å². The highest BCUT2D eigenvalue weighted by Crippen LogP contribution is 2.30. The Kier molecular flexibility index (Phi) is 3.85. The summed E-state index contributed by atoms with van der Waals surface area (Å²) < 4.78 is 18.8. The van der Waals surface area contributed by atoms with Crippen LogP contribution in [0.15, 0.2) is 18.2 Å². The summed E-state index contributed by atoms with van der Waals surface area (Å²) in [5.41, 5.74) is -0.0316.